The number of aryl methyl sites for hydroxylation is 1. The molecule has 2 amide bonds. The number of aliphatic hydroxyl groups is 1. The van der Waals surface area contributed by atoms with Gasteiger partial charge in [-0.05, 0) is 55.0 Å². The van der Waals surface area contributed by atoms with Crippen LogP contribution >= 0.6 is 0 Å². The number of nitrogens with two attached hydrogens (primary N) is 1. The number of unbranched alkanes of at least 4 members (excludes halogenated alkanes) is 1. The zero-order chi connectivity index (χ0) is 53.3. The van der Waals surface area contributed by atoms with Gasteiger partial charge in [0, 0.05) is 67.8 Å². The molecule has 74 heavy (non-hydrogen) atoms. The first kappa shape index (κ1) is 52.7. The maximum Gasteiger partial charge on any atom is 0.412 e. The smallest absolute Gasteiger partial charge is 0.412 e. The molecule has 5 heterocycles. The molecule has 1 fully saturated rings. The van der Waals surface area contributed by atoms with Gasteiger partial charge < -0.3 is 63.4 Å². The number of methoxy groups -OCH3 is 1. The Morgan fingerprint density at radius 3 is 2.32 bits per heavy atom. The van der Waals surface area contributed by atoms with Crippen LogP contribution in [0.2, 0.25) is 0 Å². The van der Waals surface area contributed by atoms with E-state index in [4.69, 9.17) is 53.3 Å². The van der Waals surface area contributed by atoms with Crippen molar-refractivity contribution in [1.29, 1.82) is 0 Å². The fourth-order valence-electron chi connectivity index (χ4n) is 9.90. The van der Waals surface area contributed by atoms with Crippen LogP contribution in [0, 0.1) is 5.92 Å². The highest BCUT2D eigenvalue weighted by molar-refractivity contribution is 6.07. The summed E-state index contributed by atoms with van der Waals surface area (Å²) in [7, 11) is 1.04. The van der Waals surface area contributed by atoms with Crippen molar-refractivity contribution in [2.75, 3.05) is 31.1 Å². The molecule has 4 aromatic rings. The number of esters is 4. The Morgan fingerprint density at radius 2 is 1.65 bits per heavy atom. The van der Waals surface area contributed by atoms with Crippen molar-refractivity contribution in [3.63, 3.8) is 0 Å². The summed E-state index contributed by atoms with van der Waals surface area (Å²) in [6, 6.07) is 7.67. The molecule has 1 saturated heterocycles. The Bertz CT molecular complexity index is 3030. The van der Waals surface area contributed by atoms with Gasteiger partial charge in [0.25, 0.3) is 5.56 Å². The summed E-state index contributed by atoms with van der Waals surface area (Å²) >= 11 is 0. The molecule has 2 aromatic carbocycles. The Hall–Kier alpha value is -7.63. The lowest BCUT2D eigenvalue weighted by molar-refractivity contribution is -0.282. The number of benzene rings is 2. The van der Waals surface area contributed by atoms with E-state index in [1.54, 1.807) is 30.5 Å². The summed E-state index contributed by atoms with van der Waals surface area (Å²) in [5.41, 5.74) is 7.61. The van der Waals surface area contributed by atoms with Crippen LogP contribution in [0.1, 0.15) is 95.0 Å². The number of carbonyl (C=O) groups is 7. The van der Waals surface area contributed by atoms with Crippen LogP contribution in [0.5, 0.6) is 17.2 Å². The summed E-state index contributed by atoms with van der Waals surface area (Å²) < 4.78 is 52.4. The average molecular weight is 1030 g/mol. The van der Waals surface area contributed by atoms with Crippen LogP contribution in [0.4, 0.5) is 16.2 Å². The van der Waals surface area contributed by atoms with Crippen molar-refractivity contribution in [3.8, 4) is 28.6 Å². The third-order valence-corrected chi connectivity index (χ3v) is 13.3. The van der Waals surface area contributed by atoms with E-state index in [-0.39, 0.29) is 91.3 Å². The standard InChI is InChI=1S/C51H57N5O18/c1-8-10-11-28-30-20-56-34(18-31-29(47(56)62)16-23(3)46(61)51(31,65)9-2)39(30)54-33-19-36-41(69-22-68-36)40(38(28)33)55-50(64)67-21-27-12-13-35(32(17-27)53-37(60)14-15-52)73-49-45(72-26(6)59)43(71-25(5)58)42(70-24(4)57)44(74-49)48(63)66-7/h12-13,17-19,23,42-45,49,65H,8-11,14-16,20-22,52H2,1-7H3,(H,53,60)(H,55,64)/t23?,42-,43-,44-,45+,49+,51-/m0/s1. The van der Waals surface area contributed by atoms with Gasteiger partial charge in [0.1, 0.15) is 23.6 Å². The molecule has 0 saturated carbocycles. The number of ketones is 1. The number of nitrogens with one attached hydrogen (secondary N) is 2. The number of amides is 2. The van der Waals surface area contributed by atoms with Crippen LogP contribution in [0.3, 0.4) is 0 Å². The predicted molar refractivity (Wildman–Crippen MR) is 258 cm³/mol. The summed E-state index contributed by atoms with van der Waals surface area (Å²) in [5, 5.41) is 17.8. The maximum atomic E-state index is 14.3. The van der Waals surface area contributed by atoms with Gasteiger partial charge in [-0.2, -0.15) is 0 Å². The Balaban J connectivity index is 1.11. The number of anilines is 2. The molecule has 394 valence electrons. The molecule has 5 N–H and O–H groups in total. The van der Waals surface area contributed by atoms with Gasteiger partial charge >= 0.3 is 30.0 Å². The number of fused-ring (bicyclic) bond motifs is 6. The quantitative estimate of drug-likeness (QED) is 0.0803. The number of aromatic nitrogens is 2. The molecule has 23 nitrogen and oxygen atoms in total. The number of rotatable bonds is 16. The van der Waals surface area contributed by atoms with E-state index in [0.717, 1.165) is 51.8 Å². The topological polar surface area (TPSA) is 308 Å². The second kappa shape index (κ2) is 21.5. The lowest BCUT2D eigenvalue weighted by Crippen LogP contribution is -2.64. The first-order chi connectivity index (χ1) is 35.3. The number of nitrogens with zero attached hydrogens (tertiary/aromatic N) is 2. The molecule has 0 bridgehead atoms. The van der Waals surface area contributed by atoms with Crippen LogP contribution in [0.15, 0.2) is 35.1 Å². The second-order valence-electron chi connectivity index (χ2n) is 18.3. The lowest BCUT2D eigenvalue weighted by Gasteiger charge is -2.43. The number of pyridine rings is 2. The van der Waals surface area contributed by atoms with E-state index in [0.29, 0.717) is 39.8 Å². The molecule has 1 unspecified atom stereocenters. The SMILES string of the molecule is CCCCc1c2c(nc3cc4c(c(NC(=O)OCc5ccc(O[C@@H]6O[C@H](C(=O)OC)[C@@H](OC(C)=O)[C@H](OC(C)=O)[C@H]6OC(C)=O)c(NC(=O)CCN)c5)c13)OCO4)-c1cc3c(c(=O)n1C2)CC(C)C(=O)[C@]3(O)CC. The zero-order valence-corrected chi connectivity index (χ0v) is 41.8. The fraction of sp³-hybridized carbons (Fsp3) is 0.471. The summed E-state index contributed by atoms with van der Waals surface area (Å²) in [6.07, 6.45) is -7.25. The van der Waals surface area contributed by atoms with Crippen LogP contribution in [-0.2, 0) is 88.8 Å². The minimum Gasteiger partial charge on any atom is -0.467 e. The molecule has 7 atom stereocenters. The number of ether oxygens (including phenoxy) is 9. The monoisotopic (exact) mass is 1030 g/mol. The Labute approximate surface area is 423 Å². The van der Waals surface area contributed by atoms with Gasteiger partial charge in [0.15, 0.2) is 35.6 Å². The van der Waals surface area contributed by atoms with Gasteiger partial charge in [-0.1, -0.05) is 33.3 Å². The predicted octanol–water partition coefficient (Wildman–Crippen LogP) is 3.96. The minimum absolute atomic E-state index is 0.0183. The number of carbonyl (C=O) groups excluding carboxylic acids is 7. The number of hydrogen-bond donors (Lipinski definition) is 4. The van der Waals surface area contributed by atoms with Crippen molar-refractivity contribution in [2.45, 2.75) is 130 Å². The van der Waals surface area contributed by atoms with E-state index in [1.807, 2.05) is 6.92 Å². The Kier molecular flexibility index (Phi) is 15.3. The van der Waals surface area contributed by atoms with E-state index in [2.05, 4.69) is 10.6 Å². The molecule has 1 aliphatic carbocycles. The van der Waals surface area contributed by atoms with Crippen molar-refractivity contribution >= 4 is 63.9 Å². The summed E-state index contributed by atoms with van der Waals surface area (Å²) in [5.74, 6) is -4.81. The van der Waals surface area contributed by atoms with Crippen molar-refractivity contribution in [3.05, 3.63) is 68.5 Å². The number of Topliss-reactive ketones (excluding diaryl/α,β-unsaturated/α-hetero) is 1. The molecular weight excluding hydrogens is 971 g/mol. The van der Waals surface area contributed by atoms with Crippen LogP contribution in [0.25, 0.3) is 22.3 Å². The van der Waals surface area contributed by atoms with Crippen LogP contribution < -0.4 is 36.1 Å². The number of hydrogen-bond acceptors (Lipinski definition) is 20. The highest BCUT2D eigenvalue weighted by atomic mass is 16.7. The van der Waals surface area contributed by atoms with E-state index in [1.165, 1.54) is 18.2 Å². The average Bonchev–Trinajstić information content (AvgIpc) is 3.98. The molecule has 0 spiro atoms. The highest BCUT2D eigenvalue weighted by Crippen LogP contribution is 2.49. The molecule has 2 aromatic heterocycles. The Morgan fingerprint density at radius 1 is 0.932 bits per heavy atom. The van der Waals surface area contributed by atoms with Gasteiger partial charge in [-0.3, -0.25) is 34.1 Å². The highest BCUT2D eigenvalue weighted by Gasteiger charge is 2.56. The molecule has 0 radical (unpaired) electrons. The third-order valence-electron chi connectivity index (χ3n) is 13.3. The molecule has 23 heteroatoms. The fourth-order valence-corrected chi connectivity index (χ4v) is 9.90. The van der Waals surface area contributed by atoms with Gasteiger partial charge in [0.05, 0.1) is 36.2 Å². The lowest BCUT2D eigenvalue weighted by atomic mass is 9.72. The van der Waals surface area contributed by atoms with Gasteiger partial charge in [0.2, 0.25) is 25.1 Å². The maximum absolute atomic E-state index is 14.3. The molecular formula is C51H57N5O18. The first-order valence-electron chi connectivity index (χ1n) is 24.1. The van der Waals surface area contributed by atoms with Crippen molar-refractivity contribution < 1.29 is 81.3 Å². The zero-order valence-electron chi connectivity index (χ0n) is 41.8. The van der Waals surface area contributed by atoms with E-state index < -0.39 is 78.1 Å². The molecule has 3 aliphatic heterocycles. The largest absolute Gasteiger partial charge is 0.467 e. The minimum atomic E-state index is -1.83. The molecule has 8 rings (SSSR count). The van der Waals surface area contributed by atoms with E-state index in [9.17, 15) is 43.5 Å². The van der Waals surface area contributed by atoms with Crippen molar-refractivity contribution in [1.82, 2.24) is 9.55 Å². The van der Waals surface area contributed by atoms with Gasteiger partial charge in [-0.25, -0.2) is 14.6 Å². The summed E-state index contributed by atoms with van der Waals surface area (Å²) in [6.45, 7) is 8.16. The summed E-state index contributed by atoms with van der Waals surface area (Å²) in [4.78, 5) is 110. The third kappa shape index (κ3) is 10.1. The molecule has 4 aliphatic rings. The van der Waals surface area contributed by atoms with E-state index >= 15 is 0 Å². The normalized spacial score (nSPS) is 22.1. The van der Waals surface area contributed by atoms with Gasteiger partial charge in [-0.15, -0.1) is 0 Å². The van der Waals surface area contributed by atoms with Crippen molar-refractivity contribution in [2.24, 2.45) is 11.7 Å². The van der Waals surface area contributed by atoms with Crippen LogP contribution in [-0.4, -0.2) is 107 Å². The first-order valence-corrected chi connectivity index (χ1v) is 24.1. The second-order valence-corrected chi connectivity index (χ2v) is 18.3.